The van der Waals surface area contributed by atoms with Crippen LogP contribution in [0.25, 0.3) is 0 Å². The Morgan fingerprint density at radius 2 is 1.75 bits per heavy atom. The van der Waals surface area contributed by atoms with E-state index >= 15 is 0 Å². The summed E-state index contributed by atoms with van der Waals surface area (Å²) in [5.41, 5.74) is 3.81. The number of rotatable bonds is 7. The van der Waals surface area contributed by atoms with Gasteiger partial charge in [0.15, 0.2) is 0 Å². The molecule has 0 radical (unpaired) electrons. The van der Waals surface area contributed by atoms with Crippen molar-refractivity contribution in [3.8, 4) is 11.5 Å². The van der Waals surface area contributed by atoms with Crippen LogP contribution in [0.4, 0.5) is 11.4 Å². The van der Waals surface area contributed by atoms with E-state index in [1.807, 2.05) is 50.2 Å². The highest BCUT2D eigenvalue weighted by Gasteiger charge is 2.09. The molecule has 0 atom stereocenters. The highest BCUT2D eigenvalue weighted by Crippen LogP contribution is 2.28. The summed E-state index contributed by atoms with van der Waals surface area (Å²) in [7, 11) is 3.23. The van der Waals surface area contributed by atoms with Gasteiger partial charge in [0.05, 0.1) is 19.9 Å². The molecule has 24 heavy (non-hydrogen) atoms. The lowest BCUT2D eigenvalue weighted by atomic mass is 10.1. The Morgan fingerprint density at radius 3 is 2.38 bits per heavy atom. The molecule has 0 aliphatic carbocycles. The third kappa shape index (κ3) is 4.41. The van der Waals surface area contributed by atoms with Gasteiger partial charge in [0.25, 0.3) is 0 Å². The van der Waals surface area contributed by atoms with Crippen molar-refractivity contribution in [2.75, 3.05) is 31.4 Å². The summed E-state index contributed by atoms with van der Waals surface area (Å²) >= 11 is 0. The number of anilines is 2. The van der Waals surface area contributed by atoms with Crippen molar-refractivity contribution in [3.05, 3.63) is 47.5 Å². The first-order chi connectivity index (χ1) is 11.5. The van der Waals surface area contributed by atoms with Crippen LogP contribution in [0.15, 0.2) is 36.4 Å². The Balaban J connectivity index is 1.93. The van der Waals surface area contributed by atoms with Crippen LogP contribution in [0.3, 0.4) is 0 Å². The van der Waals surface area contributed by atoms with E-state index in [1.54, 1.807) is 14.2 Å². The summed E-state index contributed by atoms with van der Waals surface area (Å²) in [6.07, 6.45) is 0.355. The number of carbonyl (C=O) groups is 1. The SMILES string of the molecule is COc1ccc(OC)c(NCCC(=O)Nc2c(C)cccc2C)c1. The van der Waals surface area contributed by atoms with Gasteiger partial charge in [-0.15, -0.1) is 0 Å². The molecule has 1 amide bonds. The summed E-state index contributed by atoms with van der Waals surface area (Å²) in [4.78, 5) is 12.2. The standard InChI is InChI=1S/C19H24N2O3/c1-13-6-5-7-14(2)19(13)21-18(22)10-11-20-16-12-15(23-3)8-9-17(16)24-4/h5-9,12,20H,10-11H2,1-4H3,(H,21,22). The minimum Gasteiger partial charge on any atom is -0.497 e. The quantitative estimate of drug-likeness (QED) is 0.812. The number of amides is 1. The normalized spacial score (nSPS) is 10.2. The van der Waals surface area contributed by atoms with Crippen molar-refractivity contribution in [2.24, 2.45) is 0 Å². The molecule has 5 heteroatoms. The van der Waals surface area contributed by atoms with Gasteiger partial charge in [0, 0.05) is 24.7 Å². The van der Waals surface area contributed by atoms with Gasteiger partial charge in [-0.2, -0.15) is 0 Å². The van der Waals surface area contributed by atoms with Crippen LogP contribution in [0.2, 0.25) is 0 Å². The maximum atomic E-state index is 12.2. The van der Waals surface area contributed by atoms with Gasteiger partial charge in [-0.05, 0) is 37.1 Å². The van der Waals surface area contributed by atoms with Gasteiger partial charge >= 0.3 is 0 Å². The van der Waals surface area contributed by atoms with Crippen molar-refractivity contribution in [1.29, 1.82) is 0 Å². The number of carbonyl (C=O) groups excluding carboxylic acids is 1. The topological polar surface area (TPSA) is 59.6 Å². The van der Waals surface area contributed by atoms with Crippen molar-refractivity contribution in [3.63, 3.8) is 0 Å². The highest BCUT2D eigenvalue weighted by atomic mass is 16.5. The first-order valence-electron chi connectivity index (χ1n) is 7.87. The van der Waals surface area contributed by atoms with Crippen LogP contribution < -0.4 is 20.1 Å². The molecule has 0 saturated carbocycles. The van der Waals surface area contributed by atoms with E-state index in [-0.39, 0.29) is 5.91 Å². The van der Waals surface area contributed by atoms with Crippen LogP contribution in [0.1, 0.15) is 17.5 Å². The minimum absolute atomic E-state index is 0.0261. The predicted molar refractivity (Wildman–Crippen MR) is 97.2 cm³/mol. The van der Waals surface area contributed by atoms with Crippen molar-refractivity contribution in [2.45, 2.75) is 20.3 Å². The Bertz CT molecular complexity index is 694. The van der Waals surface area contributed by atoms with E-state index in [2.05, 4.69) is 10.6 Å². The number of hydrogen-bond acceptors (Lipinski definition) is 4. The van der Waals surface area contributed by atoms with Gasteiger partial charge in [0.1, 0.15) is 11.5 Å². The van der Waals surface area contributed by atoms with Gasteiger partial charge in [0.2, 0.25) is 5.91 Å². The second-order valence-electron chi connectivity index (χ2n) is 5.56. The van der Waals surface area contributed by atoms with E-state index in [4.69, 9.17) is 9.47 Å². The van der Waals surface area contributed by atoms with E-state index < -0.39 is 0 Å². The van der Waals surface area contributed by atoms with Gasteiger partial charge in [-0.3, -0.25) is 4.79 Å². The third-order valence-corrected chi connectivity index (χ3v) is 3.82. The lowest BCUT2D eigenvalue weighted by Crippen LogP contribution is -2.17. The second-order valence-corrected chi connectivity index (χ2v) is 5.56. The van der Waals surface area contributed by atoms with Gasteiger partial charge < -0.3 is 20.1 Å². The monoisotopic (exact) mass is 328 g/mol. The van der Waals surface area contributed by atoms with Crippen LogP contribution >= 0.6 is 0 Å². The molecule has 0 fully saturated rings. The number of nitrogens with one attached hydrogen (secondary N) is 2. The predicted octanol–water partition coefficient (Wildman–Crippen LogP) is 3.76. The average Bonchev–Trinajstić information content (AvgIpc) is 2.58. The molecule has 0 bridgehead atoms. The zero-order chi connectivity index (χ0) is 17.5. The molecule has 0 saturated heterocycles. The Labute approximate surface area is 143 Å². The van der Waals surface area contributed by atoms with Gasteiger partial charge in [-0.25, -0.2) is 0 Å². The lowest BCUT2D eigenvalue weighted by Gasteiger charge is -2.14. The van der Waals surface area contributed by atoms with Crippen molar-refractivity contribution >= 4 is 17.3 Å². The Kier molecular flexibility index (Phi) is 6.07. The number of benzene rings is 2. The molecule has 2 N–H and O–H groups in total. The molecular formula is C19H24N2O3. The Morgan fingerprint density at radius 1 is 1.04 bits per heavy atom. The summed E-state index contributed by atoms with van der Waals surface area (Å²) < 4.78 is 10.5. The zero-order valence-electron chi connectivity index (χ0n) is 14.6. The van der Waals surface area contributed by atoms with E-state index in [1.165, 1.54) is 0 Å². The fraction of sp³-hybridized carbons (Fsp3) is 0.316. The molecule has 2 aromatic rings. The number of aryl methyl sites for hydroxylation is 2. The molecule has 0 aliphatic rings. The number of ether oxygens (including phenoxy) is 2. The molecule has 2 aromatic carbocycles. The van der Waals surface area contributed by atoms with Crippen LogP contribution in [-0.4, -0.2) is 26.7 Å². The van der Waals surface area contributed by atoms with Crippen LogP contribution in [-0.2, 0) is 4.79 Å². The summed E-state index contributed by atoms with van der Waals surface area (Å²) in [5.74, 6) is 1.42. The third-order valence-electron chi connectivity index (χ3n) is 3.82. The smallest absolute Gasteiger partial charge is 0.226 e. The molecule has 0 heterocycles. The maximum Gasteiger partial charge on any atom is 0.226 e. The maximum absolute atomic E-state index is 12.2. The number of para-hydroxylation sites is 1. The average molecular weight is 328 g/mol. The number of hydrogen-bond donors (Lipinski definition) is 2. The van der Waals surface area contributed by atoms with E-state index in [9.17, 15) is 4.79 Å². The molecule has 128 valence electrons. The minimum atomic E-state index is -0.0261. The summed E-state index contributed by atoms with van der Waals surface area (Å²) in [5, 5.41) is 6.20. The largest absolute Gasteiger partial charge is 0.497 e. The molecule has 0 aliphatic heterocycles. The highest BCUT2D eigenvalue weighted by molar-refractivity contribution is 5.92. The van der Waals surface area contributed by atoms with Crippen molar-refractivity contribution < 1.29 is 14.3 Å². The first-order valence-corrected chi connectivity index (χ1v) is 7.87. The summed E-state index contributed by atoms with van der Waals surface area (Å²) in [6, 6.07) is 11.5. The Hall–Kier alpha value is -2.69. The van der Waals surface area contributed by atoms with E-state index in [0.29, 0.717) is 18.7 Å². The fourth-order valence-electron chi connectivity index (χ4n) is 2.48. The van der Waals surface area contributed by atoms with Crippen LogP contribution in [0.5, 0.6) is 11.5 Å². The molecule has 0 spiro atoms. The fourth-order valence-corrected chi connectivity index (χ4v) is 2.48. The molecule has 0 aromatic heterocycles. The molecule has 2 rings (SSSR count). The second kappa shape index (κ2) is 8.24. The molecule has 0 unspecified atom stereocenters. The number of methoxy groups -OCH3 is 2. The molecule has 5 nitrogen and oxygen atoms in total. The van der Waals surface area contributed by atoms with Crippen LogP contribution in [0, 0.1) is 13.8 Å². The van der Waals surface area contributed by atoms with E-state index in [0.717, 1.165) is 28.3 Å². The van der Waals surface area contributed by atoms with Gasteiger partial charge in [-0.1, -0.05) is 18.2 Å². The molecular weight excluding hydrogens is 304 g/mol. The zero-order valence-corrected chi connectivity index (χ0v) is 14.6. The lowest BCUT2D eigenvalue weighted by molar-refractivity contribution is -0.115. The first kappa shape index (κ1) is 17.7. The summed E-state index contributed by atoms with van der Waals surface area (Å²) in [6.45, 7) is 4.48. The van der Waals surface area contributed by atoms with Crippen molar-refractivity contribution in [1.82, 2.24) is 0 Å².